The van der Waals surface area contributed by atoms with Crippen molar-refractivity contribution in [1.82, 2.24) is 19.5 Å². The highest BCUT2D eigenvalue weighted by molar-refractivity contribution is 5.81. The lowest BCUT2D eigenvalue weighted by Crippen LogP contribution is -2.28. The van der Waals surface area contributed by atoms with Gasteiger partial charge < -0.3 is 15.4 Å². The fourth-order valence-corrected chi connectivity index (χ4v) is 2.21. The average molecular weight is 219 g/mol. The Kier molecular flexibility index (Phi) is 2.03. The summed E-state index contributed by atoms with van der Waals surface area (Å²) >= 11 is 0. The molecule has 0 aromatic carbocycles. The first-order chi connectivity index (χ1) is 7.79. The van der Waals surface area contributed by atoms with Crippen LogP contribution in [0.1, 0.15) is 18.9 Å². The largest absolute Gasteiger partial charge is 0.396 e. The van der Waals surface area contributed by atoms with Gasteiger partial charge in [0.25, 0.3) is 0 Å². The van der Waals surface area contributed by atoms with Crippen LogP contribution in [0, 0.1) is 5.92 Å². The van der Waals surface area contributed by atoms with E-state index in [1.807, 2.05) is 4.57 Å². The zero-order chi connectivity index (χ0) is 11.1. The third kappa shape index (κ3) is 1.26. The third-order valence-corrected chi connectivity index (χ3v) is 3.25. The lowest BCUT2D eigenvalue weighted by Gasteiger charge is -2.34. The quantitative estimate of drug-likeness (QED) is 0.760. The van der Waals surface area contributed by atoms with Gasteiger partial charge in [-0.25, -0.2) is 15.0 Å². The van der Waals surface area contributed by atoms with Gasteiger partial charge in [0.2, 0.25) is 0 Å². The molecule has 6 heteroatoms. The summed E-state index contributed by atoms with van der Waals surface area (Å²) < 4.78 is 2.03. The third-order valence-electron chi connectivity index (χ3n) is 3.25. The van der Waals surface area contributed by atoms with Gasteiger partial charge in [-0.2, -0.15) is 0 Å². The van der Waals surface area contributed by atoms with Gasteiger partial charge in [-0.05, 0) is 18.8 Å². The lowest BCUT2D eigenvalue weighted by atomic mass is 9.81. The van der Waals surface area contributed by atoms with E-state index >= 15 is 0 Å². The number of hydrogen-bond donors (Lipinski definition) is 2. The standard InChI is InChI=1S/C10H13N5O/c11-9-8-10(13-4-12-9)15(5-14-8)7-1-6(2-7)3-16/h4-7,16H,1-3H2,(H2,11,12,13). The fourth-order valence-electron chi connectivity index (χ4n) is 2.21. The van der Waals surface area contributed by atoms with Gasteiger partial charge >= 0.3 is 0 Å². The zero-order valence-corrected chi connectivity index (χ0v) is 8.74. The number of hydrogen-bond acceptors (Lipinski definition) is 5. The number of nitrogens with two attached hydrogens (primary N) is 1. The zero-order valence-electron chi connectivity index (χ0n) is 8.74. The minimum Gasteiger partial charge on any atom is -0.396 e. The molecule has 0 atom stereocenters. The van der Waals surface area contributed by atoms with Crippen LogP contribution in [-0.4, -0.2) is 31.2 Å². The Morgan fingerprint density at radius 3 is 2.94 bits per heavy atom. The van der Waals surface area contributed by atoms with Crippen LogP contribution in [0.15, 0.2) is 12.7 Å². The van der Waals surface area contributed by atoms with Crippen LogP contribution >= 0.6 is 0 Å². The second kappa shape index (κ2) is 3.41. The Morgan fingerprint density at radius 2 is 2.19 bits per heavy atom. The van der Waals surface area contributed by atoms with Gasteiger partial charge in [0.15, 0.2) is 11.5 Å². The Hall–Kier alpha value is -1.69. The highest BCUT2D eigenvalue weighted by Gasteiger charge is 2.31. The topological polar surface area (TPSA) is 89.9 Å². The van der Waals surface area contributed by atoms with E-state index in [0.717, 1.165) is 18.5 Å². The number of rotatable bonds is 2. The van der Waals surface area contributed by atoms with Gasteiger partial charge in [0, 0.05) is 12.6 Å². The molecule has 0 radical (unpaired) electrons. The van der Waals surface area contributed by atoms with Crippen LogP contribution in [0.5, 0.6) is 0 Å². The summed E-state index contributed by atoms with van der Waals surface area (Å²) in [6.45, 7) is 0.264. The summed E-state index contributed by atoms with van der Waals surface area (Å²) in [6, 6.07) is 0.386. The van der Waals surface area contributed by atoms with Gasteiger partial charge in [0.1, 0.15) is 11.8 Å². The van der Waals surface area contributed by atoms with Crippen LogP contribution in [0.3, 0.4) is 0 Å². The van der Waals surface area contributed by atoms with E-state index in [9.17, 15) is 0 Å². The van der Waals surface area contributed by atoms with Crippen molar-refractivity contribution in [2.45, 2.75) is 18.9 Å². The van der Waals surface area contributed by atoms with Gasteiger partial charge in [-0.3, -0.25) is 0 Å². The molecule has 6 nitrogen and oxygen atoms in total. The summed E-state index contributed by atoms with van der Waals surface area (Å²) in [7, 11) is 0. The maximum atomic E-state index is 8.99. The highest BCUT2D eigenvalue weighted by atomic mass is 16.3. The second-order valence-corrected chi connectivity index (χ2v) is 4.26. The number of anilines is 1. The van der Waals surface area contributed by atoms with E-state index in [4.69, 9.17) is 10.8 Å². The monoisotopic (exact) mass is 219 g/mol. The number of nitrogen functional groups attached to an aromatic ring is 1. The summed E-state index contributed by atoms with van der Waals surface area (Å²) in [5, 5.41) is 8.99. The molecule has 84 valence electrons. The Balaban J connectivity index is 1.97. The molecule has 16 heavy (non-hydrogen) atoms. The number of aliphatic hydroxyl groups is 1. The predicted molar refractivity (Wildman–Crippen MR) is 58.6 cm³/mol. The van der Waals surface area contributed by atoms with E-state index in [1.165, 1.54) is 6.33 Å². The highest BCUT2D eigenvalue weighted by Crippen LogP contribution is 2.38. The summed E-state index contributed by atoms with van der Waals surface area (Å²) in [5.41, 5.74) is 7.16. The van der Waals surface area contributed by atoms with Crippen molar-refractivity contribution in [3.05, 3.63) is 12.7 Å². The molecule has 0 spiro atoms. The SMILES string of the molecule is Nc1ncnc2c1ncn2C1CC(CO)C1. The lowest BCUT2D eigenvalue weighted by molar-refractivity contribution is 0.114. The molecule has 3 N–H and O–H groups in total. The maximum absolute atomic E-state index is 8.99. The first-order valence-electron chi connectivity index (χ1n) is 5.33. The molecule has 2 aromatic rings. The smallest absolute Gasteiger partial charge is 0.165 e. The number of fused-ring (bicyclic) bond motifs is 1. The number of imidazole rings is 1. The van der Waals surface area contributed by atoms with E-state index in [0.29, 0.717) is 23.3 Å². The molecule has 1 fully saturated rings. The first kappa shape index (κ1) is 9.53. The van der Waals surface area contributed by atoms with Crippen molar-refractivity contribution in [3.63, 3.8) is 0 Å². The van der Waals surface area contributed by atoms with Crippen molar-refractivity contribution in [2.24, 2.45) is 5.92 Å². The van der Waals surface area contributed by atoms with Gasteiger partial charge in [0.05, 0.1) is 6.33 Å². The molecule has 3 rings (SSSR count). The molecular formula is C10H13N5O. The van der Waals surface area contributed by atoms with Gasteiger partial charge in [-0.15, -0.1) is 0 Å². The minimum absolute atomic E-state index is 0.264. The molecule has 0 saturated heterocycles. The number of nitrogens with zero attached hydrogens (tertiary/aromatic N) is 4. The minimum atomic E-state index is 0.264. The van der Waals surface area contributed by atoms with E-state index in [2.05, 4.69) is 15.0 Å². The van der Waals surface area contributed by atoms with Crippen molar-refractivity contribution >= 4 is 17.0 Å². The van der Waals surface area contributed by atoms with Crippen LogP contribution in [-0.2, 0) is 0 Å². The van der Waals surface area contributed by atoms with E-state index < -0.39 is 0 Å². The average Bonchev–Trinajstić information content (AvgIpc) is 2.62. The Labute approximate surface area is 92.1 Å². The predicted octanol–water partition coefficient (Wildman–Crippen LogP) is 0.352. The summed E-state index contributed by atoms with van der Waals surface area (Å²) in [5.74, 6) is 0.836. The van der Waals surface area contributed by atoms with Crippen LogP contribution in [0.4, 0.5) is 5.82 Å². The molecule has 2 heterocycles. The summed E-state index contributed by atoms with van der Waals surface area (Å²) in [6.07, 6.45) is 5.17. The molecule has 2 aromatic heterocycles. The number of aliphatic hydroxyl groups excluding tert-OH is 1. The molecule has 0 amide bonds. The first-order valence-corrected chi connectivity index (χ1v) is 5.33. The van der Waals surface area contributed by atoms with Crippen molar-refractivity contribution in [3.8, 4) is 0 Å². The normalized spacial score (nSPS) is 24.6. The molecule has 0 unspecified atom stereocenters. The molecule has 1 saturated carbocycles. The summed E-state index contributed by atoms with van der Waals surface area (Å²) in [4.78, 5) is 12.3. The Bertz CT molecular complexity index is 517. The van der Waals surface area contributed by atoms with Crippen molar-refractivity contribution in [1.29, 1.82) is 0 Å². The maximum Gasteiger partial charge on any atom is 0.165 e. The van der Waals surface area contributed by atoms with Crippen molar-refractivity contribution < 1.29 is 5.11 Å². The molecule has 0 bridgehead atoms. The number of aromatic nitrogens is 4. The van der Waals surface area contributed by atoms with E-state index in [-0.39, 0.29) is 6.61 Å². The van der Waals surface area contributed by atoms with Crippen LogP contribution in [0.2, 0.25) is 0 Å². The van der Waals surface area contributed by atoms with Crippen LogP contribution in [0.25, 0.3) is 11.2 Å². The van der Waals surface area contributed by atoms with E-state index in [1.54, 1.807) is 6.33 Å². The molecule has 1 aliphatic carbocycles. The fraction of sp³-hybridized carbons (Fsp3) is 0.500. The van der Waals surface area contributed by atoms with Gasteiger partial charge in [-0.1, -0.05) is 0 Å². The molecular weight excluding hydrogens is 206 g/mol. The Morgan fingerprint density at radius 1 is 1.38 bits per heavy atom. The second-order valence-electron chi connectivity index (χ2n) is 4.26. The van der Waals surface area contributed by atoms with Crippen molar-refractivity contribution in [2.75, 3.05) is 12.3 Å². The molecule has 0 aliphatic heterocycles. The molecule has 1 aliphatic rings. The van der Waals surface area contributed by atoms with Crippen LogP contribution < -0.4 is 5.73 Å².